The lowest BCUT2D eigenvalue weighted by atomic mass is 9.91. The van der Waals surface area contributed by atoms with E-state index in [1.54, 1.807) is 0 Å². The Hall–Kier alpha value is -0.120. The molecular formula is C13H26N2O. The molecule has 1 aliphatic heterocycles. The number of piperazine rings is 1. The molecule has 16 heavy (non-hydrogen) atoms. The van der Waals surface area contributed by atoms with Crippen molar-refractivity contribution in [1.82, 2.24) is 9.80 Å². The van der Waals surface area contributed by atoms with Crippen LogP contribution in [0.5, 0.6) is 0 Å². The van der Waals surface area contributed by atoms with Crippen molar-refractivity contribution in [2.24, 2.45) is 0 Å². The maximum Gasteiger partial charge on any atom is 0.0541 e. The fourth-order valence-corrected chi connectivity index (χ4v) is 3.04. The Balaban J connectivity index is 1.76. The van der Waals surface area contributed by atoms with Gasteiger partial charge >= 0.3 is 0 Å². The van der Waals surface area contributed by atoms with Crippen molar-refractivity contribution in [2.75, 3.05) is 26.2 Å². The molecule has 0 aromatic rings. The highest BCUT2D eigenvalue weighted by Crippen LogP contribution is 2.24. The van der Waals surface area contributed by atoms with Gasteiger partial charge in [-0.25, -0.2) is 0 Å². The Morgan fingerprint density at radius 1 is 0.938 bits per heavy atom. The molecule has 1 aliphatic carbocycles. The van der Waals surface area contributed by atoms with Gasteiger partial charge in [0, 0.05) is 38.3 Å². The zero-order chi connectivity index (χ0) is 11.5. The maximum absolute atomic E-state index is 9.51. The SMILES string of the molecule is CC(C)N1CCN(C2CCC(O)CC2)CC1. The number of nitrogens with zero attached hydrogens (tertiary/aromatic N) is 2. The lowest BCUT2D eigenvalue weighted by Crippen LogP contribution is -2.52. The fourth-order valence-electron chi connectivity index (χ4n) is 3.04. The van der Waals surface area contributed by atoms with Crippen LogP contribution in [0, 0.1) is 0 Å². The van der Waals surface area contributed by atoms with Crippen LogP contribution in [-0.4, -0.2) is 59.3 Å². The molecule has 1 saturated carbocycles. The molecule has 3 nitrogen and oxygen atoms in total. The Morgan fingerprint density at radius 2 is 1.50 bits per heavy atom. The van der Waals surface area contributed by atoms with Gasteiger partial charge < -0.3 is 5.11 Å². The third kappa shape index (κ3) is 2.96. The zero-order valence-corrected chi connectivity index (χ0v) is 10.7. The van der Waals surface area contributed by atoms with Crippen LogP contribution >= 0.6 is 0 Å². The zero-order valence-electron chi connectivity index (χ0n) is 10.7. The Labute approximate surface area is 99.4 Å². The number of hydrogen-bond donors (Lipinski definition) is 1. The second-order valence-electron chi connectivity index (χ2n) is 5.63. The van der Waals surface area contributed by atoms with E-state index >= 15 is 0 Å². The van der Waals surface area contributed by atoms with Crippen molar-refractivity contribution < 1.29 is 5.11 Å². The van der Waals surface area contributed by atoms with Gasteiger partial charge in [0.1, 0.15) is 0 Å². The van der Waals surface area contributed by atoms with Crippen LogP contribution in [0.3, 0.4) is 0 Å². The molecular weight excluding hydrogens is 200 g/mol. The molecule has 1 N–H and O–H groups in total. The molecule has 3 heteroatoms. The quantitative estimate of drug-likeness (QED) is 0.769. The van der Waals surface area contributed by atoms with Crippen LogP contribution in [0.15, 0.2) is 0 Å². The molecule has 0 bridgehead atoms. The van der Waals surface area contributed by atoms with E-state index in [1.807, 2.05) is 0 Å². The van der Waals surface area contributed by atoms with Gasteiger partial charge in [0.2, 0.25) is 0 Å². The topological polar surface area (TPSA) is 26.7 Å². The first-order valence-corrected chi connectivity index (χ1v) is 6.83. The van der Waals surface area contributed by atoms with E-state index in [4.69, 9.17) is 0 Å². The molecule has 0 amide bonds. The van der Waals surface area contributed by atoms with Crippen LogP contribution < -0.4 is 0 Å². The summed E-state index contributed by atoms with van der Waals surface area (Å²) in [5.41, 5.74) is 0. The largest absolute Gasteiger partial charge is 0.393 e. The first kappa shape index (κ1) is 12.3. The summed E-state index contributed by atoms with van der Waals surface area (Å²) >= 11 is 0. The van der Waals surface area contributed by atoms with Crippen molar-refractivity contribution in [3.05, 3.63) is 0 Å². The normalized spacial score (nSPS) is 34.5. The summed E-state index contributed by atoms with van der Waals surface area (Å²) in [7, 11) is 0. The molecule has 2 rings (SSSR count). The first-order chi connectivity index (χ1) is 7.66. The van der Waals surface area contributed by atoms with Crippen LogP contribution in [0.2, 0.25) is 0 Å². The number of rotatable bonds is 2. The number of hydrogen-bond acceptors (Lipinski definition) is 3. The van der Waals surface area contributed by atoms with Crippen LogP contribution in [0.1, 0.15) is 39.5 Å². The van der Waals surface area contributed by atoms with E-state index < -0.39 is 0 Å². The van der Waals surface area contributed by atoms with E-state index in [9.17, 15) is 5.11 Å². The van der Waals surface area contributed by atoms with Gasteiger partial charge in [-0.3, -0.25) is 9.80 Å². The van der Waals surface area contributed by atoms with Gasteiger partial charge in [0.15, 0.2) is 0 Å². The van der Waals surface area contributed by atoms with Crippen molar-refractivity contribution in [2.45, 2.75) is 57.7 Å². The average Bonchev–Trinajstić information content (AvgIpc) is 2.30. The summed E-state index contributed by atoms with van der Waals surface area (Å²) in [6.07, 6.45) is 4.39. The van der Waals surface area contributed by atoms with Gasteiger partial charge in [-0.05, 0) is 39.5 Å². The number of aliphatic hydroxyl groups excluding tert-OH is 1. The molecule has 2 aliphatic rings. The van der Waals surface area contributed by atoms with Gasteiger partial charge in [0.05, 0.1) is 6.10 Å². The highest BCUT2D eigenvalue weighted by atomic mass is 16.3. The molecule has 94 valence electrons. The fraction of sp³-hybridized carbons (Fsp3) is 1.00. The smallest absolute Gasteiger partial charge is 0.0541 e. The Morgan fingerprint density at radius 3 is 2.00 bits per heavy atom. The summed E-state index contributed by atoms with van der Waals surface area (Å²) in [4.78, 5) is 5.21. The van der Waals surface area contributed by atoms with Gasteiger partial charge in [0.25, 0.3) is 0 Å². The lowest BCUT2D eigenvalue weighted by molar-refractivity contribution is 0.0365. The van der Waals surface area contributed by atoms with Crippen LogP contribution in [0.25, 0.3) is 0 Å². The molecule has 1 saturated heterocycles. The molecule has 0 spiro atoms. The predicted octanol–water partition coefficient (Wildman–Crippen LogP) is 1.32. The Bertz CT molecular complexity index is 204. The minimum Gasteiger partial charge on any atom is -0.393 e. The van der Waals surface area contributed by atoms with Crippen molar-refractivity contribution >= 4 is 0 Å². The molecule has 0 atom stereocenters. The van der Waals surface area contributed by atoms with Crippen molar-refractivity contribution in [3.8, 4) is 0 Å². The lowest BCUT2D eigenvalue weighted by Gasteiger charge is -2.42. The minimum absolute atomic E-state index is 0.0202. The van der Waals surface area contributed by atoms with E-state index in [0.717, 1.165) is 18.9 Å². The first-order valence-electron chi connectivity index (χ1n) is 6.83. The van der Waals surface area contributed by atoms with Gasteiger partial charge in [-0.15, -0.1) is 0 Å². The van der Waals surface area contributed by atoms with E-state index in [1.165, 1.54) is 39.0 Å². The van der Waals surface area contributed by atoms with Gasteiger partial charge in [-0.1, -0.05) is 0 Å². The summed E-state index contributed by atoms with van der Waals surface area (Å²) in [5.74, 6) is 0. The second-order valence-corrected chi connectivity index (χ2v) is 5.63. The van der Waals surface area contributed by atoms with E-state index in [-0.39, 0.29) is 6.10 Å². The number of aliphatic hydroxyl groups is 1. The Kier molecular flexibility index (Phi) is 4.22. The molecule has 0 aromatic carbocycles. The van der Waals surface area contributed by atoms with Crippen molar-refractivity contribution in [1.29, 1.82) is 0 Å². The highest BCUT2D eigenvalue weighted by molar-refractivity contribution is 4.83. The van der Waals surface area contributed by atoms with Crippen LogP contribution in [0.4, 0.5) is 0 Å². The second kappa shape index (κ2) is 5.48. The monoisotopic (exact) mass is 226 g/mol. The standard InChI is InChI=1S/C13H26N2O/c1-11(2)14-7-9-15(10-8-14)12-3-5-13(16)6-4-12/h11-13,16H,3-10H2,1-2H3. The summed E-state index contributed by atoms with van der Waals surface area (Å²) in [6, 6.07) is 1.44. The predicted molar refractivity (Wildman–Crippen MR) is 66.5 cm³/mol. The summed E-state index contributed by atoms with van der Waals surface area (Å²) < 4.78 is 0. The minimum atomic E-state index is -0.0202. The maximum atomic E-state index is 9.51. The summed E-state index contributed by atoms with van der Waals surface area (Å²) in [6.45, 7) is 9.45. The molecule has 1 heterocycles. The third-order valence-corrected chi connectivity index (χ3v) is 4.26. The summed E-state index contributed by atoms with van der Waals surface area (Å²) in [5, 5.41) is 9.51. The highest BCUT2D eigenvalue weighted by Gasteiger charge is 2.27. The average molecular weight is 226 g/mol. The van der Waals surface area contributed by atoms with Crippen molar-refractivity contribution in [3.63, 3.8) is 0 Å². The third-order valence-electron chi connectivity index (χ3n) is 4.26. The van der Waals surface area contributed by atoms with E-state index in [2.05, 4.69) is 23.6 Å². The molecule has 0 radical (unpaired) electrons. The van der Waals surface area contributed by atoms with Gasteiger partial charge in [-0.2, -0.15) is 0 Å². The van der Waals surface area contributed by atoms with E-state index in [0.29, 0.717) is 6.04 Å². The molecule has 0 aromatic heterocycles. The molecule has 0 unspecified atom stereocenters. The van der Waals surface area contributed by atoms with Crippen LogP contribution in [-0.2, 0) is 0 Å². The molecule has 2 fully saturated rings.